The van der Waals surface area contributed by atoms with Crippen LogP contribution in [0.3, 0.4) is 0 Å². The number of nitrogens with zero attached hydrogens (tertiary/aromatic N) is 1. The zero-order valence-electron chi connectivity index (χ0n) is 11.7. The van der Waals surface area contributed by atoms with Crippen molar-refractivity contribution in [3.63, 3.8) is 0 Å². The third kappa shape index (κ3) is 6.27. The fourth-order valence-electron chi connectivity index (χ4n) is 1.57. The van der Waals surface area contributed by atoms with Crippen LogP contribution >= 0.6 is 15.9 Å². The number of rotatable bonds is 6. The molecule has 0 saturated carbocycles. The van der Waals surface area contributed by atoms with Gasteiger partial charge in [-0.2, -0.15) is 0 Å². The quantitative estimate of drug-likeness (QED) is 0.742. The number of nitrogens with one attached hydrogen (secondary N) is 2. The smallest absolute Gasteiger partial charge is 0.247 e. The van der Waals surface area contributed by atoms with E-state index in [1.807, 2.05) is 0 Å². The lowest BCUT2D eigenvalue weighted by molar-refractivity contribution is -0.130. The zero-order valence-corrected chi connectivity index (χ0v) is 13.3. The highest BCUT2D eigenvalue weighted by atomic mass is 79.9. The van der Waals surface area contributed by atoms with E-state index in [1.54, 1.807) is 31.3 Å². The molecule has 21 heavy (non-hydrogen) atoms. The van der Waals surface area contributed by atoms with Gasteiger partial charge < -0.3 is 15.4 Å². The molecule has 0 aliphatic rings. The normalized spacial score (nSPS) is 12.3. The third-order valence-corrected chi connectivity index (χ3v) is 2.75. The molecule has 0 unspecified atom stereocenters. The maximum Gasteiger partial charge on any atom is 0.247 e. The van der Waals surface area contributed by atoms with Crippen LogP contribution in [0, 0.1) is 10.8 Å². The highest BCUT2D eigenvalue weighted by Crippen LogP contribution is 2.09. The molecule has 0 bridgehead atoms. The molecule has 0 spiro atoms. The van der Waals surface area contributed by atoms with Crippen LogP contribution in [-0.2, 0) is 9.59 Å². The summed E-state index contributed by atoms with van der Waals surface area (Å²) >= 11 is 2.93. The second-order valence-corrected chi connectivity index (χ2v) is 4.55. The van der Waals surface area contributed by atoms with Gasteiger partial charge in [0.2, 0.25) is 17.7 Å². The first kappa shape index (κ1) is 17.0. The van der Waals surface area contributed by atoms with Gasteiger partial charge in [-0.25, -0.2) is 4.98 Å². The van der Waals surface area contributed by atoms with Crippen LogP contribution in [0.25, 0.3) is 0 Å². The van der Waals surface area contributed by atoms with E-state index >= 15 is 0 Å². The summed E-state index contributed by atoms with van der Waals surface area (Å²) in [6, 6.07) is 4.37. The molecule has 1 heterocycles. The molecule has 6 nitrogen and oxygen atoms in total. The van der Waals surface area contributed by atoms with Crippen molar-refractivity contribution in [1.29, 1.82) is 0 Å². The Hall–Kier alpha value is -2.07. The van der Waals surface area contributed by atoms with Crippen LogP contribution in [0.15, 0.2) is 24.4 Å². The Morgan fingerprint density at radius 1 is 1.48 bits per heavy atom. The van der Waals surface area contributed by atoms with Gasteiger partial charge in [-0.1, -0.05) is 12.0 Å². The average Bonchev–Trinajstić information content (AvgIpc) is 2.45. The molecule has 1 rings (SSSR count). The molecular formula is C14H16BrN3O3. The van der Waals surface area contributed by atoms with Crippen molar-refractivity contribution in [3.05, 3.63) is 24.4 Å². The van der Waals surface area contributed by atoms with Crippen molar-refractivity contribution >= 4 is 27.7 Å². The Morgan fingerprint density at radius 3 is 2.81 bits per heavy atom. The molecule has 0 fully saturated rings. The molecule has 1 aromatic heterocycles. The monoisotopic (exact) mass is 353 g/mol. The van der Waals surface area contributed by atoms with Crippen LogP contribution in [0.4, 0.5) is 0 Å². The van der Waals surface area contributed by atoms with Gasteiger partial charge in [-0.15, -0.1) is 0 Å². The van der Waals surface area contributed by atoms with E-state index < -0.39 is 12.1 Å². The summed E-state index contributed by atoms with van der Waals surface area (Å²) in [5.41, 5.74) is 0. The second-order valence-electron chi connectivity index (χ2n) is 4.16. The lowest BCUT2D eigenvalue weighted by atomic mass is 10.1. The van der Waals surface area contributed by atoms with E-state index in [9.17, 15) is 9.59 Å². The van der Waals surface area contributed by atoms with Crippen LogP contribution in [-0.4, -0.2) is 35.5 Å². The average molecular weight is 354 g/mol. The predicted octanol–water partition coefficient (Wildman–Crippen LogP) is 0.826. The van der Waals surface area contributed by atoms with Crippen LogP contribution < -0.4 is 15.4 Å². The Labute approximate surface area is 131 Å². The largest absolute Gasteiger partial charge is 0.472 e. The van der Waals surface area contributed by atoms with Gasteiger partial charge in [-0.3, -0.25) is 9.59 Å². The number of ether oxygens (including phenoxy) is 1. The van der Waals surface area contributed by atoms with Gasteiger partial charge in [0.25, 0.3) is 0 Å². The van der Waals surface area contributed by atoms with Gasteiger partial charge in [0.05, 0.1) is 6.54 Å². The maximum absolute atomic E-state index is 12.1. The van der Waals surface area contributed by atoms with E-state index in [1.165, 1.54) is 6.92 Å². The number of amides is 2. The van der Waals surface area contributed by atoms with Crippen molar-refractivity contribution in [2.75, 3.05) is 6.54 Å². The molecule has 0 saturated heterocycles. The van der Waals surface area contributed by atoms with E-state index in [0.29, 0.717) is 5.88 Å². The van der Waals surface area contributed by atoms with E-state index in [0.717, 1.165) is 0 Å². The first-order chi connectivity index (χ1) is 10.0. The zero-order chi connectivity index (χ0) is 15.7. The Bertz CT molecular complexity index is 539. The molecule has 2 N–H and O–H groups in total. The standard InChI is InChI=1S/C14H16BrN3O3/c1-10(21-12-6-3-4-8-16-12)13(18-11(2)19)14(20)17-9-5-7-15/h3-4,6,8,10,13H,9H2,1-2H3,(H,17,20)(H,18,19)/t10-,13+/m1/s1. The minimum Gasteiger partial charge on any atom is -0.472 e. The first-order valence-corrected chi connectivity index (χ1v) is 7.05. The lowest BCUT2D eigenvalue weighted by Gasteiger charge is -2.23. The predicted molar refractivity (Wildman–Crippen MR) is 81.6 cm³/mol. The van der Waals surface area contributed by atoms with Crippen molar-refractivity contribution in [1.82, 2.24) is 15.6 Å². The van der Waals surface area contributed by atoms with Gasteiger partial charge in [0.15, 0.2) is 0 Å². The number of aromatic nitrogens is 1. The van der Waals surface area contributed by atoms with Crippen molar-refractivity contribution < 1.29 is 14.3 Å². The highest BCUT2D eigenvalue weighted by Gasteiger charge is 2.27. The number of pyridine rings is 1. The maximum atomic E-state index is 12.1. The van der Waals surface area contributed by atoms with Crippen molar-refractivity contribution in [2.24, 2.45) is 0 Å². The van der Waals surface area contributed by atoms with Gasteiger partial charge in [0, 0.05) is 35.1 Å². The van der Waals surface area contributed by atoms with E-state index in [4.69, 9.17) is 4.74 Å². The van der Waals surface area contributed by atoms with E-state index in [2.05, 4.69) is 42.3 Å². The lowest BCUT2D eigenvalue weighted by Crippen LogP contribution is -2.53. The summed E-state index contributed by atoms with van der Waals surface area (Å²) in [5, 5.41) is 5.16. The van der Waals surface area contributed by atoms with Crippen LogP contribution in [0.2, 0.25) is 0 Å². The Balaban J connectivity index is 2.72. The van der Waals surface area contributed by atoms with Gasteiger partial charge >= 0.3 is 0 Å². The Morgan fingerprint density at radius 2 is 2.24 bits per heavy atom. The fourth-order valence-corrected chi connectivity index (χ4v) is 1.71. The molecule has 2 atom stereocenters. The minimum atomic E-state index is -0.832. The molecule has 1 aromatic rings. The second kappa shape index (κ2) is 8.97. The summed E-state index contributed by atoms with van der Waals surface area (Å²) in [7, 11) is 0. The third-order valence-electron chi connectivity index (χ3n) is 2.47. The highest BCUT2D eigenvalue weighted by molar-refractivity contribution is 9.12. The van der Waals surface area contributed by atoms with Gasteiger partial charge in [0.1, 0.15) is 12.1 Å². The molecule has 0 aliphatic heterocycles. The number of hydrogen-bond donors (Lipinski definition) is 2. The number of halogens is 1. The number of carbonyl (C=O) groups excluding carboxylic acids is 2. The molecule has 2 amide bonds. The molecule has 7 heteroatoms. The molecule has 0 aliphatic carbocycles. The molecular weight excluding hydrogens is 338 g/mol. The van der Waals surface area contributed by atoms with Crippen molar-refractivity contribution in [3.8, 4) is 16.6 Å². The molecule has 112 valence electrons. The summed E-state index contributed by atoms with van der Waals surface area (Å²) in [5.74, 6) is 2.34. The summed E-state index contributed by atoms with van der Waals surface area (Å²) in [4.78, 5) is 29.8. The number of carbonyl (C=O) groups is 2. The van der Waals surface area contributed by atoms with Gasteiger partial charge in [-0.05, 0) is 17.8 Å². The molecule has 0 aromatic carbocycles. The fraction of sp³-hybridized carbons (Fsp3) is 0.357. The Kier molecular flexibility index (Phi) is 7.26. The number of hydrogen-bond acceptors (Lipinski definition) is 4. The minimum absolute atomic E-state index is 0.177. The van der Waals surface area contributed by atoms with E-state index in [-0.39, 0.29) is 18.4 Å². The van der Waals surface area contributed by atoms with Crippen LogP contribution in [0.1, 0.15) is 13.8 Å². The summed E-state index contributed by atoms with van der Waals surface area (Å²) in [6.45, 7) is 3.20. The summed E-state index contributed by atoms with van der Waals surface area (Å²) < 4.78 is 5.57. The van der Waals surface area contributed by atoms with Crippen molar-refractivity contribution in [2.45, 2.75) is 26.0 Å². The SMILES string of the molecule is CC(=O)N[C@H](C(=O)NCC#CBr)[C@@H](C)Oc1ccccn1. The first-order valence-electron chi connectivity index (χ1n) is 6.25. The van der Waals surface area contributed by atoms with Crippen LogP contribution in [0.5, 0.6) is 5.88 Å². The molecule has 0 radical (unpaired) electrons. The topological polar surface area (TPSA) is 80.3 Å². The summed E-state index contributed by atoms with van der Waals surface area (Å²) in [6.07, 6.45) is 1.00.